The van der Waals surface area contributed by atoms with Crippen molar-refractivity contribution in [1.29, 1.82) is 5.26 Å². The van der Waals surface area contributed by atoms with E-state index in [1.165, 1.54) is 0 Å². The Kier molecular flexibility index (Phi) is 5.15. The molecule has 0 radical (unpaired) electrons. The average Bonchev–Trinajstić information content (AvgIpc) is 2.25. The Labute approximate surface area is 110 Å². The molecule has 1 nitrogen and oxygen atoms in total. The van der Waals surface area contributed by atoms with Crippen LogP contribution in [0.25, 0.3) is 5.03 Å². The first-order valence-electron chi connectivity index (χ1n) is 4.85. The van der Waals surface area contributed by atoms with Crippen molar-refractivity contribution in [2.75, 3.05) is 0 Å². The molecule has 1 rings (SSSR count). The fraction of sp³-hybridized carbons (Fsp3) is 0.250. The molecule has 4 heteroatoms. The molecule has 0 spiro atoms. The Morgan fingerprint density at radius 3 is 2.31 bits per heavy atom. The largest absolute Gasteiger partial charge is 0.193 e. The number of nitriles is 1. The lowest BCUT2D eigenvalue weighted by molar-refractivity contribution is 0.933. The molecule has 0 saturated carbocycles. The van der Waals surface area contributed by atoms with Crippen LogP contribution >= 0.6 is 34.8 Å². The number of nitrogens with zero attached hydrogens (tertiary/aromatic N) is 1. The summed E-state index contributed by atoms with van der Waals surface area (Å²) in [5, 5.41) is 10.3. The highest BCUT2D eigenvalue weighted by molar-refractivity contribution is 6.53. The summed E-state index contributed by atoms with van der Waals surface area (Å²) in [6, 6.07) is 7.23. The standard InChI is InChI=1S/C12H10Cl3N/c1-2-4-8(7-16)12(15)11-9(13)5-3-6-10(11)14/h3,5-6H,2,4H2,1H3. The maximum Gasteiger partial charge on any atom is 0.0962 e. The van der Waals surface area contributed by atoms with Crippen LogP contribution in [-0.4, -0.2) is 0 Å². The highest BCUT2D eigenvalue weighted by Crippen LogP contribution is 2.35. The van der Waals surface area contributed by atoms with Crippen molar-refractivity contribution in [3.05, 3.63) is 39.4 Å². The molecule has 0 N–H and O–H groups in total. The lowest BCUT2D eigenvalue weighted by atomic mass is 10.1. The molecular weight excluding hydrogens is 264 g/mol. The van der Waals surface area contributed by atoms with Gasteiger partial charge in [-0.15, -0.1) is 0 Å². The molecule has 0 aliphatic rings. The Morgan fingerprint density at radius 1 is 1.31 bits per heavy atom. The second kappa shape index (κ2) is 6.15. The molecule has 0 atom stereocenters. The maximum absolute atomic E-state index is 8.99. The zero-order valence-corrected chi connectivity index (χ0v) is 11.0. The van der Waals surface area contributed by atoms with E-state index in [-0.39, 0.29) is 0 Å². The SMILES string of the molecule is CCCC(C#N)=C(Cl)c1c(Cl)cccc1Cl. The van der Waals surface area contributed by atoms with E-state index in [4.69, 9.17) is 40.1 Å². The van der Waals surface area contributed by atoms with Gasteiger partial charge in [0.2, 0.25) is 0 Å². The van der Waals surface area contributed by atoms with Gasteiger partial charge in [-0.1, -0.05) is 54.2 Å². The van der Waals surface area contributed by atoms with Gasteiger partial charge in [0.05, 0.1) is 21.1 Å². The van der Waals surface area contributed by atoms with E-state index >= 15 is 0 Å². The van der Waals surface area contributed by atoms with Gasteiger partial charge >= 0.3 is 0 Å². The van der Waals surface area contributed by atoms with E-state index in [0.717, 1.165) is 6.42 Å². The Hall–Kier alpha value is -0.680. The lowest BCUT2D eigenvalue weighted by Crippen LogP contribution is -1.88. The molecule has 0 saturated heterocycles. The third-order valence-corrected chi connectivity index (χ3v) is 3.13. The van der Waals surface area contributed by atoms with E-state index in [0.29, 0.717) is 32.6 Å². The van der Waals surface area contributed by atoms with Crippen LogP contribution < -0.4 is 0 Å². The maximum atomic E-state index is 8.99. The highest BCUT2D eigenvalue weighted by Gasteiger charge is 2.13. The topological polar surface area (TPSA) is 23.8 Å². The van der Waals surface area contributed by atoms with E-state index < -0.39 is 0 Å². The quantitative estimate of drug-likeness (QED) is 0.689. The molecule has 0 amide bonds. The molecule has 1 aromatic carbocycles. The molecule has 1 aromatic rings. The highest BCUT2D eigenvalue weighted by atomic mass is 35.5. The van der Waals surface area contributed by atoms with Gasteiger partial charge < -0.3 is 0 Å². The summed E-state index contributed by atoms with van der Waals surface area (Å²) in [6.45, 7) is 1.98. The predicted octanol–water partition coefficient (Wildman–Crippen LogP) is 5.27. The summed E-state index contributed by atoms with van der Waals surface area (Å²) < 4.78 is 0. The van der Waals surface area contributed by atoms with Crippen LogP contribution in [-0.2, 0) is 0 Å². The van der Waals surface area contributed by atoms with Gasteiger partial charge in [-0.3, -0.25) is 0 Å². The smallest absolute Gasteiger partial charge is 0.0962 e. The lowest BCUT2D eigenvalue weighted by Gasteiger charge is -2.07. The van der Waals surface area contributed by atoms with Crippen LogP contribution in [0.3, 0.4) is 0 Å². The minimum atomic E-state index is 0.347. The normalized spacial score (nSPS) is 11.9. The van der Waals surface area contributed by atoms with Crippen molar-refractivity contribution in [3.8, 4) is 6.07 Å². The van der Waals surface area contributed by atoms with Crippen LogP contribution in [0.2, 0.25) is 10.0 Å². The summed E-state index contributed by atoms with van der Waals surface area (Å²) in [5.41, 5.74) is 1.05. The minimum Gasteiger partial charge on any atom is -0.193 e. The fourth-order valence-electron chi connectivity index (χ4n) is 1.32. The number of allylic oxidation sites excluding steroid dienone is 1. The van der Waals surface area contributed by atoms with Crippen molar-refractivity contribution in [3.63, 3.8) is 0 Å². The number of hydrogen-bond acceptors (Lipinski definition) is 1. The van der Waals surface area contributed by atoms with Gasteiger partial charge in [-0.2, -0.15) is 5.26 Å². The van der Waals surface area contributed by atoms with Gasteiger partial charge in [0.15, 0.2) is 0 Å². The molecular formula is C12H10Cl3N. The number of benzene rings is 1. The molecule has 0 fully saturated rings. The second-order valence-electron chi connectivity index (χ2n) is 3.25. The van der Waals surface area contributed by atoms with Gasteiger partial charge in [0.25, 0.3) is 0 Å². The first kappa shape index (κ1) is 13.4. The van der Waals surface area contributed by atoms with E-state index in [1.54, 1.807) is 18.2 Å². The monoisotopic (exact) mass is 273 g/mol. The van der Waals surface area contributed by atoms with Gasteiger partial charge in [0, 0.05) is 11.1 Å². The molecule has 0 bridgehead atoms. The molecule has 84 valence electrons. The van der Waals surface area contributed by atoms with Crippen LogP contribution in [0.15, 0.2) is 23.8 Å². The average molecular weight is 275 g/mol. The summed E-state index contributed by atoms with van der Waals surface area (Å²) >= 11 is 18.2. The number of rotatable bonds is 3. The zero-order valence-electron chi connectivity index (χ0n) is 8.73. The van der Waals surface area contributed by atoms with Gasteiger partial charge in [-0.05, 0) is 18.6 Å². The second-order valence-corrected chi connectivity index (χ2v) is 4.44. The number of halogens is 3. The number of hydrogen-bond donors (Lipinski definition) is 0. The first-order chi connectivity index (χ1) is 7.61. The van der Waals surface area contributed by atoms with Crippen molar-refractivity contribution < 1.29 is 0 Å². The Balaban J connectivity index is 3.33. The molecule has 0 aliphatic heterocycles. The predicted molar refractivity (Wildman–Crippen MR) is 69.8 cm³/mol. The molecule has 0 aromatic heterocycles. The molecule has 0 heterocycles. The van der Waals surface area contributed by atoms with E-state index in [9.17, 15) is 0 Å². The first-order valence-corrected chi connectivity index (χ1v) is 5.98. The fourth-order valence-corrected chi connectivity index (χ4v) is 2.35. The van der Waals surface area contributed by atoms with Crippen molar-refractivity contribution in [2.45, 2.75) is 19.8 Å². The molecule has 0 aliphatic carbocycles. The van der Waals surface area contributed by atoms with Crippen LogP contribution in [0.1, 0.15) is 25.3 Å². The van der Waals surface area contributed by atoms with Crippen molar-refractivity contribution in [1.82, 2.24) is 0 Å². The summed E-state index contributed by atoms with van der Waals surface area (Å²) in [4.78, 5) is 0. The minimum absolute atomic E-state index is 0.347. The van der Waals surface area contributed by atoms with E-state index in [1.807, 2.05) is 6.92 Å². The summed E-state index contributed by atoms with van der Waals surface area (Å²) in [7, 11) is 0. The van der Waals surface area contributed by atoms with Crippen LogP contribution in [0.4, 0.5) is 0 Å². The van der Waals surface area contributed by atoms with E-state index in [2.05, 4.69) is 6.07 Å². The van der Waals surface area contributed by atoms with Gasteiger partial charge in [-0.25, -0.2) is 0 Å². The Morgan fingerprint density at radius 2 is 1.88 bits per heavy atom. The third-order valence-electron chi connectivity index (χ3n) is 2.08. The summed E-state index contributed by atoms with van der Waals surface area (Å²) in [5.74, 6) is 0. The molecule has 16 heavy (non-hydrogen) atoms. The van der Waals surface area contributed by atoms with Crippen molar-refractivity contribution in [2.24, 2.45) is 0 Å². The Bertz CT molecular complexity index is 438. The third kappa shape index (κ3) is 2.92. The van der Waals surface area contributed by atoms with Crippen LogP contribution in [0, 0.1) is 11.3 Å². The summed E-state index contributed by atoms with van der Waals surface area (Å²) in [6.07, 6.45) is 1.47. The van der Waals surface area contributed by atoms with Crippen molar-refractivity contribution >= 4 is 39.8 Å². The zero-order chi connectivity index (χ0) is 12.1. The molecule has 0 unspecified atom stereocenters. The van der Waals surface area contributed by atoms with Crippen LogP contribution in [0.5, 0.6) is 0 Å². The van der Waals surface area contributed by atoms with Gasteiger partial charge in [0.1, 0.15) is 0 Å².